The number of rotatable bonds is 2. The van der Waals surface area contributed by atoms with Crippen LogP contribution >= 0.6 is 39.0 Å². The van der Waals surface area contributed by atoms with Crippen LogP contribution in [-0.2, 0) is 0 Å². The normalized spacial score (nSPS) is 19.6. The van der Waals surface area contributed by atoms with Crippen molar-refractivity contribution in [1.29, 1.82) is 0 Å². The van der Waals surface area contributed by atoms with Crippen LogP contribution in [0.2, 0.25) is 0 Å². The highest BCUT2D eigenvalue weighted by Crippen LogP contribution is 2.33. The van der Waals surface area contributed by atoms with Crippen LogP contribution in [0, 0.1) is 6.92 Å². The van der Waals surface area contributed by atoms with Gasteiger partial charge in [-0.2, -0.15) is 11.8 Å². The van der Waals surface area contributed by atoms with E-state index in [1.54, 1.807) is 0 Å². The molecule has 2 nitrogen and oxygen atoms in total. The fraction of sp³-hybridized carbons (Fsp3) is 0.357. The minimum atomic E-state index is 0.420. The van der Waals surface area contributed by atoms with Crippen LogP contribution in [0.25, 0.3) is 11.3 Å². The summed E-state index contributed by atoms with van der Waals surface area (Å²) in [5.74, 6) is 2.34. The molecule has 2 aromatic rings. The van der Waals surface area contributed by atoms with E-state index in [0.29, 0.717) is 6.04 Å². The monoisotopic (exact) mass is 354 g/mol. The second-order valence-electron chi connectivity index (χ2n) is 4.55. The summed E-state index contributed by atoms with van der Waals surface area (Å²) < 4.78 is 1.10. The predicted molar refractivity (Wildman–Crippen MR) is 88.1 cm³/mol. The van der Waals surface area contributed by atoms with Crippen LogP contribution in [0.3, 0.4) is 0 Å². The molecule has 1 unspecified atom stereocenters. The number of aryl methyl sites for hydroxylation is 1. The molecule has 0 radical (unpaired) electrons. The zero-order valence-electron chi connectivity index (χ0n) is 10.6. The van der Waals surface area contributed by atoms with Crippen molar-refractivity contribution in [1.82, 2.24) is 10.3 Å². The van der Waals surface area contributed by atoms with Crippen LogP contribution in [0.5, 0.6) is 0 Å². The summed E-state index contributed by atoms with van der Waals surface area (Å²) in [5.41, 5.74) is 2.32. The lowest BCUT2D eigenvalue weighted by Gasteiger charge is -2.20. The molecule has 1 aliphatic heterocycles. The van der Waals surface area contributed by atoms with Gasteiger partial charge in [-0.15, -0.1) is 11.3 Å². The van der Waals surface area contributed by atoms with E-state index in [9.17, 15) is 0 Å². The summed E-state index contributed by atoms with van der Waals surface area (Å²) in [7, 11) is 0. The first kappa shape index (κ1) is 13.6. The average molecular weight is 355 g/mol. The Hall–Kier alpha value is -0.360. The van der Waals surface area contributed by atoms with E-state index in [1.807, 2.05) is 29.2 Å². The highest BCUT2D eigenvalue weighted by atomic mass is 79.9. The minimum absolute atomic E-state index is 0.420. The third-order valence-electron chi connectivity index (χ3n) is 3.13. The first-order valence-electron chi connectivity index (χ1n) is 6.28. The number of hydrogen-bond acceptors (Lipinski definition) is 4. The molecule has 1 aromatic heterocycles. The third kappa shape index (κ3) is 3.05. The van der Waals surface area contributed by atoms with Crippen molar-refractivity contribution in [2.45, 2.75) is 13.0 Å². The molecule has 3 rings (SSSR count). The van der Waals surface area contributed by atoms with E-state index in [1.165, 1.54) is 21.2 Å². The summed E-state index contributed by atoms with van der Waals surface area (Å²) in [6, 6.07) is 8.79. The minimum Gasteiger partial charge on any atom is -0.306 e. The zero-order chi connectivity index (χ0) is 13.2. The standard InChI is InChI=1S/C14H15BrN2S2/c1-9-13(10-3-2-4-11(15)7-10)17-14(19-9)12-8-18-6-5-16-12/h2-4,7,12,16H,5-6,8H2,1H3. The van der Waals surface area contributed by atoms with Crippen molar-refractivity contribution in [3.8, 4) is 11.3 Å². The van der Waals surface area contributed by atoms with Gasteiger partial charge in [0.05, 0.1) is 11.7 Å². The quantitative estimate of drug-likeness (QED) is 0.871. The molecule has 1 saturated heterocycles. The molecule has 5 heteroatoms. The summed E-state index contributed by atoms with van der Waals surface area (Å²) >= 11 is 7.35. The topological polar surface area (TPSA) is 24.9 Å². The molecule has 0 aliphatic carbocycles. The van der Waals surface area contributed by atoms with Gasteiger partial charge in [0.1, 0.15) is 5.01 Å². The fourth-order valence-electron chi connectivity index (χ4n) is 2.19. The molecule has 1 aromatic carbocycles. The number of thiazole rings is 1. The lowest BCUT2D eigenvalue weighted by molar-refractivity contribution is 0.592. The SMILES string of the molecule is Cc1sc(C2CSCCN2)nc1-c1cccc(Br)c1. The molecule has 2 heterocycles. The molecular weight excluding hydrogens is 340 g/mol. The maximum atomic E-state index is 4.87. The van der Waals surface area contributed by atoms with Gasteiger partial charge in [-0.1, -0.05) is 28.1 Å². The van der Waals surface area contributed by atoms with Gasteiger partial charge < -0.3 is 5.32 Å². The van der Waals surface area contributed by atoms with E-state index >= 15 is 0 Å². The summed E-state index contributed by atoms with van der Waals surface area (Å²) in [5, 5.41) is 4.78. The Labute approximate surface area is 130 Å². The second kappa shape index (κ2) is 5.95. The smallest absolute Gasteiger partial charge is 0.111 e. The summed E-state index contributed by atoms with van der Waals surface area (Å²) in [4.78, 5) is 6.16. The molecule has 0 amide bonds. The predicted octanol–water partition coefficient (Wildman–Crippen LogP) is 4.26. The van der Waals surface area contributed by atoms with Gasteiger partial charge in [0.15, 0.2) is 0 Å². The van der Waals surface area contributed by atoms with Gasteiger partial charge in [0.25, 0.3) is 0 Å². The molecule has 0 spiro atoms. The van der Waals surface area contributed by atoms with Crippen LogP contribution in [0.4, 0.5) is 0 Å². The Bertz CT molecular complexity index is 577. The van der Waals surface area contributed by atoms with Crippen LogP contribution in [0.15, 0.2) is 28.7 Å². The van der Waals surface area contributed by atoms with Crippen molar-refractivity contribution in [2.75, 3.05) is 18.1 Å². The molecule has 1 aliphatic rings. The maximum absolute atomic E-state index is 4.87. The van der Waals surface area contributed by atoms with Crippen LogP contribution in [-0.4, -0.2) is 23.0 Å². The average Bonchev–Trinajstić information content (AvgIpc) is 2.82. The van der Waals surface area contributed by atoms with Crippen LogP contribution < -0.4 is 5.32 Å². The fourth-order valence-corrected chi connectivity index (χ4v) is 4.66. The Morgan fingerprint density at radius 1 is 1.42 bits per heavy atom. The summed E-state index contributed by atoms with van der Waals surface area (Å²) in [6.07, 6.45) is 0. The molecule has 100 valence electrons. The lowest BCUT2D eigenvalue weighted by atomic mass is 10.1. The molecule has 0 bridgehead atoms. The number of hydrogen-bond donors (Lipinski definition) is 1. The van der Waals surface area contributed by atoms with Crippen molar-refractivity contribution in [3.63, 3.8) is 0 Å². The Morgan fingerprint density at radius 3 is 3.05 bits per heavy atom. The molecule has 1 fully saturated rings. The summed E-state index contributed by atoms with van der Waals surface area (Å²) in [6.45, 7) is 3.24. The molecule has 19 heavy (non-hydrogen) atoms. The van der Waals surface area contributed by atoms with Gasteiger partial charge in [-0.25, -0.2) is 4.98 Å². The number of benzene rings is 1. The molecule has 1 N–H and O–H groups in total. The van der Waals surface area contributed by atoms with Crippen molar-refractivity contribution < 1.29 is 0 Å². The highest BCUT2D eigenvalue weighted by molar-refractivity contribution is 9.10. The van der Waals surface area contributed by atoms with E-state index in [2.05, 4.69) is 46.4 Å². The Morgan fingerprint density at radius 2 is 2.32 bits per heavy atom. The van der Waals surface area contributed by atoms with Gasteiger partial charge in [0.2, 0.25) is 0 Å². The number of nitrogens with one attached hydrogen (secondary N) is 1. The van der Waals surface area contributed by atoms with Crippen molar-refractivity contribution in [3.05, 3.63) is 38.6 Å². The first-order valence-corrected chi connectivity index (χ1v) is 9.05. The van der Waals surface area contributed by atoms with Crippen molar-refractivity contribution in [2.24, 2.45) is 0 Å². The van der Waals surface area contributed by atoms with E-state index in [-0.39, 0.29) is 0 Å². The molecular formula is C14H15BrN2S2. The number of aromatic nitrogens is 1. The highest BCUT2D eigenvalue weighted by Gasteiger charge is 2.20. The Balaban J connectivity index is 1.92. The zero-order valence-corrected chi connectivity index (χ0v) is 13.9. The lowest BCUT2D eigenvalue weighted by Crippen LogP contribution is -2.30. The van der Waals surface area contributed by atoms with E-state index in [4.69, 9.17) is 4.98 Å². The van der Waals surface area contributed by atoms with Gasteiger partial charge >= 0.3 is 0 Å². The number of halogens is 1. The molecule has 0 saturated carbocycles. The van der Waals surface area contributed by atoms with Gasteiger partial charge in [-0.05, 0) is 19.1 Å². The maximum Gasteiger partial charge on any atom is 0.111 e. The Kier molecular flexibility index (Phi) is 4.27. The van der Waals surface area contributed by atoms with E-state index < -0.39 is 0 Å². The van der Waals surface area contributed by atoms with Gasteiger partial charge in [0, 0.05) is 33.0 Å². The number of nitrogens with zero attached hydrogens (tertiary/aromatic N) is 1. The molecule has 1 atom stereocenters. The largest absolute Gasteiger partial charge is 0.306 e. The first-order chi connectivity index (χ1) is 9.24. The van der Waals surface area contributed by atoms with Gasteiger partial charge in [-0.3, -0.25) is 0 Å². The second-order valence-corrected chi connectivity index (χ2v) is 7.85. The van der Waals surface area contributed by atoms with Crippen LogP contribution in [0.1, 0.15) is 15.9 Å². The number of thioether (sulfide) groups is 1. The van der Waals surface area contributed by atoms with Crippen molar-refractivity contribution >= 4 is 39.0 Å². The van der Waals surface area contributed by atoms with E-state index in [0.717, 1.165) is 22.5 Å². The third-order valence-corrected chi connectivity index (χ3v) is 5.77.